The highest BCUT2D eigenvalue weighted by molar-refractivity contribution is 4.95. The van der Waals surface area contributed by atoms with Crippen molar-refractivity contribution in [2.24, 2.45) is 5.41 Å². The number of nitrogens with zero attached hydrogens (tertiary/aromatic N) is 3. The molecule has 1 saturated carbocycles. The predicted molar refractivity (Wildman–Crippen MR) is 68.6 cm³/mol. The van der Waals surface area contributed by atoms with Crippen molar-refractivity contribution in [1.29, 1.82) is 0 Å². The third kappa shape index (κ3) is 3.28. The highest BCUT2D eigenvalue weighted by atomic mass is 15.3. The second-order valence-electron chi connectivity index (χ2n) is 5.25. The first-order valence-electron chi connectivity index (χ1n) is 6.87. The van der Waals surface area contributed by atoms with Crippen LogP contribution in [-0.2, 0) is 13.1 Å². The molecule has 0 unspecified atom stereocenters. The average molecular weight is 236 g/mol. The minimum absolute atomic E-state index is 0.615. The van der Waals surface area contributed by atoms with E-state index in [9.17, 15) is 0 Å². The standard InChI is InChI=1S/C13H24N4/c1-3-5-13(6-7-13)10-14-9-12-15-11-16-17(12)8-4-2/h11,14H,3-10H2,1-2H3. The van der Waals surface area contributed by atoms with Gasteiger partial charge in [0.1, 0.15) is 12.2 Å². The Balaban J connectivity index is 1.76. The van der Waals surface area contributed by atoms with Crippen LogP contribution in [0.5, 0.6) is 0 Å². The smallest absolute Gasteiger partial charge is 0.140 e. The van der Waals surface area contributed by atoms with Crippen molar-refractivity contribution in [3.63, 3.8) is 0 Å². The molecule has 0 bridgehead atoms. The molecule has 1 fully saturated rings. The van der Waals surface area contributed by atoms with Crippen molar-refractivity contribution >= 4 is 0 Å². The highest BCUT2D eigenvalue weighted by Crippen LogP contribution is 2.48. The lowest BCUT2D eigenvalue weighted by Crippen LogP contribution is -2.25. The fourth-order valence-electron chi connectivity index (χ4n) is 2.49. The molecule has 0 amide bonds. The average Bonchev–Trinajstić information content (AvgIpc) is 2.93. The van der Waals surface area contributed by atoms with Gasteiger partial charge in [-0.2, -0.15) is 5.10 Å². The van der Waals surface area contributed by atoms with Gasteiger partial charge in [0.15, 0.2) is 0 Å². The summed E-state index contributed by atoms with van der Waals surface area (Å²) < 4.78 is 2.01. The van der Waals surface area contributed by atoms with E-state index in [1.165, 1.54) is 25.7 Å². The molecule has 1 aliphatic rings. The summed E-state index contributed by atoms with van der Waals surface area (Å²) in [5, 5.41) is 7.79. The Labute approximate surface area is 104 Å². The summed E-state index contributed by atoms with van der Waals surface area (Å²) in [4.78, 5) is 4.31. The topological polar surface area (TPSA) is 42.7 Å². The van der Waals surface area contributed by atoms with Gasteiger partial charge in [0, 0.05) is 13.1 Å². The summed E-state index contributed by atoms with van der Waals surface area (Å²) >= 11 is 0. The molecule has 1 aromatic rings. The van der Waals surface area contributed by atoms with Crippen molar-refractivity contribution in [2.75, 3.05) is 6.54 Å². The molecule has 0 radical (unpaired) electrons. The molecular weight excluding hydrogens is 212 g/mol. The maximum atomic E-state index is 4.31. The molecule has 0 aliphatic heterocycles. The quantitative estimate of drug-likeness (QED) is 0.753. The molecular formula is C13H24N4. The lowest BCUT2D eigenvalue weighted by atomic mass is 10.0. The molecule has 17 heavy (non-hydrogen) atoms. The van der Waals surface area contributed by atoms with E-state index in [0.29, 0.717) is 5.41 Å². The summed E-state index contributed by atoms with van der Waals surface area (Å²) in [7, 11) is 0. The van der Waals surface area contributed by atoms with Crippen molar-refractivity contribution < 1.29 is 0 Å². The maximum Gasteiger partial charge on any atom is 0.140 e. The van der Waals surface area contributed by atoms with E-state index in [0.717, 1.165) is 31.9 Å². The summed E-state index contributed by atoms with van der Waals surface area (Å²) in [5.74, 6) is 1.07. The fraction of sp³-hybridized carbons (Fsp3) is 0.846. The fourth-order valence-corrected chi connectivity index (χ4v) is 2.49. The van der Waals surface area contributed by atoms with Crippen molar-refractivity contribution in [3.8, 4) is 0 Å². The monoisotopic (exact) mass is 236 g/mol. The van der Waals surface area contributed by atoms with Gasteiger partial charge in [-0.3, -0.25) is 0 Å². The zero-order chi connectivity index (χ0) is 12.1. The maximum absolute atomic E-state index is 4.31. The molecule has 0 spiro atoms. The Bertz CT molecular complexity index is 341. The Hall–Kier alpha value is -0.900. The van der Waals surface area contributed by atoms with E-state index in [1.807, 2.05) is 4.68 Å². The van der Waals surface area contributed by atoms with Crippen molar-refractivity contribution in [2.45, 2.75) is 59.0 Å². The van der Waals surface area contributed by atoms with Gasteiger partial charge < -0.3 is 5.32 Å². The van der Waals surface area contributed by atoms with Crippen LogP contribution in [0.3, 0.4) is 0 Å². The number of hydrogen-bond donors (Lipinski definition) is 1. The molecule has 96 valence electrons. The second-order valence-corrected chi connectivity index (χ2v) is 5.25. The van der Waals surface area contributed by atoms with E-state index in [-0.39, 0.29) is 0 Å². The van der Waals surface area contributed by atoms with Crippen LogP contribution in [0.4, 0.5) is 0 Å². The zero-order valence-electron chi connectivity index (χ0n) is 11.1. The Morgan fingerprint density at radius 1 is 1.35 bits per heavy atom. The zero-order valence-corrected chi connectivity index (χ0v) is 11.1. The van der Waals surface area contributed by atoms with E-state index < -0.39 is 0 Å². The summed E-state index contributed by atoms with van der Waals surface area (Å²) in [6.07, 6.45) is 8.22. The van der Waals surface area contributed by atoms with Gasteiger partial charge in [0.2, 0.25) is 0 Å². The van der Waals surface area contributed by atoms with E-state index in [1.54, 1.807) is 6.33 Å². The number of aromatic nitrogens is 3. The number of aryl methyl sites for hydroxylation is 1. The van der Waals surface area contributed by atoms with Gasteiger partial charge >= 0.3 is 0 Å². The molecule has 4 heteroatoms. The molecule has 1 aromatic heterocycles. The molecule has 0 saturated heterocycles. The predicted octanol–water partition coefficient (Wildman–Crippen LogP) is 2.36. The molecule has 0 aromatic carbocycles. The summed E-state index contributed by atoms with van der Waals surface area (Å²) in [6, 6.07) is 0. The third-order valence-corrected chi connectivity index (χ3v) is 3.65. The Kier molecular flexibility index (Phi) is 4.15. The summed E-state index contributed by atoms with van der Waals surface area (Å²) in [6.45, 7) is 7.40. The number of nitrogens with one attached hydrogen (secondary N) is 1. The van der Waals surface area contributed by atoms with Crippen LogP contribution >= 0.6 is 0 Å². The van der Waals surface area contributed by atoms with Gasteiger partial charge in [-0.25, -0.2) is 9.67 Å². The molecule has 2 rings (SSSR count). The first kappa shape index (κ1) is 12.6. The number of hydrogen-bond acceptors (Lipinski definition) is 3. The minimum Gasteiger partial charge on any atom is -0.309 e. The molecule has 1 heterocycles. The van der Waals surface area contributed by atoms with E-state index in [4.69, 9.17) is 0 Å². The lowest BCUT2D eigenvalue weighted by Gasteiger charge is -2.14. The molecule has 4 nitrogen and oxygen atoms in total. The Morgan fingerprint density at radius 2 is 2.18 bits per heavy atom. The first-order chi connectivity index (χ1) is 8.29. The number of rotatable bonds is 8. The van der Waals surface area contributed by atoms with Crippen LogP contribution in [0.25, 0.3) is 0 Å². The van der Waals surface area contributed by atoms with Gasteiger partial charge in [0.25, 0.3) is 0 Å². The lowest BCUT2D eigenvalue weighted by molar-refractivity contribution is 0.412. The van der Waals surface area contributed by atoms with Crippen LogP contribution in [-0.4, -0.2) is 21.3 Å². The largest absolute Gasteiger partial charge is 0.309 e. The third-order valence-electron chi connectivity index (χ3n) is 3.65. The minimum atomic E-state index is 0.615. The van der Waals surface area contributed by atoms with Gasteiger partial charge in [-0.15, -0.1) is 0 Å². The molecule has 0 atom stereocenters. The molecule has 1 aliphatic carbocycles. The summed E-state index contributed by atoms with van der Waals surface area (Å²) in [5.41, 5.74) is 0.615. The van der Waals surface area contributed by atoms with Crippen LogP contribution in [0.1, 0.15) is 51.8 Å². The van der Waals surface area contributed by atoms with Crippen molar-refractivity contribution in [1.82, 2.24) is 20.1 Å². The van der Waals surface area contributed by atoms with E-state index in [2.05, 4.69) is 29.2 Å². The normalized spacial score (nSPS) is 17.3. The van der Waals surface area contributed by atoms with Crippen LogP contribution in [0, 0.1) is 5.41 Å². The van der Waals surface area contributed by atoms with Gasteiger partial charge in [0.05, 0.1) is 6.54 Å². The second kappa shape index (κ2) is 5.63. The van der Waals surface area contributed by atoms with Crippen molar-refractivity contribution in [3.05, 3.63) is 12.2 Å². The van der Waals surface area contributed by atoms with Crippen LogP contribution in [0.2, 0.25) is 0 Å². The highest BCUT2D eigenvalue weighted by Gasteiger charge is 2.40. The van der Waals surface area contributed by atoms with Gasteiger partial charge in [-0.05, 0) is 31.1 Å². The van der Waals surface area contributed by atoms with Crippen LogP contribution < -0.4 is 5.32 Å². The van der Waals surface area contributed by atoms with Crippen LogP contribution in [0.15, 0.2) is 6.33 Å². The Morgan fingerprint density at radius 3 is 2.82 bits per heavy atom. The first-order valence-corrected chi connectivity index (χ1v) is 6.87. The van der Waals surface area contributed by atoms with Gasteiger partial charge in [-0.1, -0.05) is 20.3 Å². The van der Waals surface area contributed by atoms with E-state index >= 15 is 0 Å². The molecule has 1 N–H and O–H groups in total. The SMILES string of the molecule is CCCn1ncnc1CNCC1(CCC)CC1.